The van der Waals surface area contributed by atoms with E-state index < -0.39 is 0 Å². The van der Waals surface area contributed by atoms with Crippen LogP contribution in [0.3, 0.4) is 0 Å². The molecule has 2 nitrogen and oxygen atoms in total. The maximum atomic E-state index is 11.9. The number of hydrogen-bond acceptors (Lipinski definition) is 1. The van der Waals surface area contributed by atoms with Gasteiger partial charge in [0.2, 0.25) is 5.91 Å². The van der Waals surface area contributed by atoms with Crippen LogP contribution >= 0.6 is 0 Å². The fourth-order valence-electron chi connectivity index (χ4n) is 3.79. The zero-order valence-corrected chi connectivity index (χ0v) is 13.5. The van der Waals surface area contributed by atoms with E-state index in [0.29, 0.717) is 18.0 Å². The first kappa shape index (κ1) is 15.6. The molecule has 1 aliphatic heterocycles. The van der Waals surface area contributed by atoms with E-state index in [2.05, 4.69) is 31.7 Å². The first-order valence-corrected chi connectivity index (χ1v) is 8.52. The maximum Gasteiger partial charge on any atom is 0.225 e. The van der Waals surface area contributed by atoms with Gasteiger partial charge >= 0.3 is 0 Å². The van der Waals surface area contributed by atoms with Gasteiger partial charge in [-0.05, 0) is 51.9 Å². The fourth-order valence-corrected chi connectivity index (χ4v) is 3.79. The number of rotatable bonds is 6. The van der Waals surface area contributed by atoms with Crippen molar-refractivity contribution in [3.05, 3.63) is 11.6 Å². The Hall–Kier alpha value is -0.790. The Bertz CT molecular complexity index is 350. The molecule has 1 aliphatic carbocycles. The molecule has 0 aromatic carbocycles. The third-order valence-corrected chi connectivity index (χ3v) is 4.95. The molecule has 2 fully saturated rings. The van der Waals surface area contributed by atoms with Crippen LogP contribution in [0.1, 0.15) is 78.6 Å². The normalized spacial score (nSPS) is 25.2. The lowest BCUT2D eigenvalue weighted by Gasteiger charge is -2.48. The molecule has 1 saturated heterocycles. The van der Waals surface area contributed by atoms with Gasteiger partial charge in [-0.2, -0.15) is 0 Å². The molecule has 1 unspecified atom stereocenters. The third-order valence-electron chi connectivity index (χ3n) is 4.95. The summed E-state index contributed by atoms with van der Waals surface area (Å²) >= 11 is 0. The van der Waals surface area contributed by atoms with Gasteiger partial charge in [-0.25, -0.2) is 0 Å². The summed E-state index contributed by atoms with van der Waals surface area (Å²) in [6.45, 7) is 6.68. The van der Waals surface area contributed by atoms with Gasteiger partial charge in [0.15, 0.2) is 0 Å². The molecule has 0 spiro atoms. The average Bonchev–Trinajstić information content (AvgIpc) is 2.38. The zero-order valence-electron chi connectivity index (χ0n) is 13.5. The number of amides is 1. The van der Waals surface area contributed by atoms with E-state index in [1.165, 1.54) is 56.9 Å². The Morgan fingerprint density at radius 2 is 2.00 bits per heavy atom. The predicted molar refractivity (Wildman–Crippen MR) is 84.6 cm³/mol. The second-order valence-corrected chi connectivity index (χ2v) is 7.15. The fraction of sp³-hybridized carbons (Fsp3) is 0.833. The molecule has 0 N–H and O–H groups in total. The van der Waals surface area contributed by atoms with Crippen LogP contribution in [0.15, 0.2) is 11.6 Å². The molecule has 1 saturated carbocycles. The van der Waals surface area contributed by atoms with Crippen molar-refractivity contribution < 1.29 is 4.79 Å². The van der Waals surface area contributed by atoms with Crippen molar-refractivity contribution >= 4 is 5.91 Å². The van der Waals surface area contributed by atoms with Gasteiger partial charge in [-0.15, -0.1) is 0 Å². The van der Waals surface area contributed by atoms with Crippen molar-refractivity contribution in [3.8, 4) is 0 Å². The Balaban J connectivity index is 1.77. The van der Waals surface area contributed by atoms with Crippen LogP contribution in [0.2, 0.25) is 0 Å². The minimum absolute atomic E-state index is 0.415. The lowest BCUT2D eigenvalue weighted by atomic mass is 9.84. The molecule has 2 heteroatoms. The summed E-state index contributed by atoms with van der Waals surface area (Å²) < 4.78 is 0. The van der Waals surface area contributed by atoms with Crippen molar-refractivity contribution in [2.24, 2.45) is 5.92 Å². The summed E-state index contributed by atoms with van der Waals surface area (Å²) in [5.41, 5.74) is 1.42. The molecule has 0 aromatic heterocycles. The SMILES string of the molecule is CC(C)=CCC[C@@H](C)CC1CC(=O)N1C1CCCCC1. The van der Waals surface area contributed by atoms with E-state index in [-0.39, 0.29) is 0 Å². The third kappa shape index (κ3) is 4.10. The van der Waals surface area contributed by atoms with E-state index in [9.17, 15) is 4.79 Å². The Kier molecular flexibility index (Phi) is 5.68. The largest absolute Gasteiger partial charge is 0.336 e. The summed E-state index contributed by atoms with van der Waals surface area (Å²) in [6.07, 6.45) is 13.3. The average molecular weight is 277 g/mol. The first-order valence-electron chi connectivity index (χ1n) is 8.52. The van der Waals surface area contributed by atoms with Crippen LogP contribution < -0.4 is 0 Å². The van der Waals surface area contributed by atoms with Gasteiger partial charge in [0.1, 0.15) is 0 Å². The summed E-state index contributed by atoms with van der Waals surface area (Å²) in [6, 6.07) is 1.12. The van der Waals surface area contributed by atoms with Crippen LogP contribution in [0.4, 0.5) is 0 Å². The molecule has 114 valence electrons. The quantitative estimate of drug-likeness (QED) is 0.509. The van der Waals surface area contributed by atoms with Gasteiger partial charge in [0.05, 0.1) is 0 Å². The van der Waals surface area contributed by atoms with Gasteiger partial charge < -0.3 is 4.90 Å². The van der Waals surface area contributed by atoms with Crippen molar-refractivity contribution in [2.75, 3.05) is 0 Å². The van der Waals surface area contributed by atoms with E-state index in [0.717, 1.165) is 12.3 Å². The summed E-state index contributed by atoms with van der Waals surface area (Å²) in [4.78, 5) is 14.2. The minimum atomic E-state index is 0.415. The van der Waals surface area contributed by atoms with Crippen LogP contribution in [0.5, 0.6) is 0 Å². The van der Waals surface area contributed by atoms with Crippen LogP contribution in [-0.4, -0.2) is 22.9 Å². The van der Waals surface area contributed by atoms with E-state index in [4.69, 9.17) is 0 Å². The second-order valence-electron chi connectivity index (χ2n) is 7.15. The molecule has 1 heterocycles. The molecule has 0 bridgehead atoms. The lowest BCUT2D eigenvalue weighted by Crippen LogP contribution is -2.58. The Labute approximate surface area is 124 Å². The molecule has 2 aliphatic rings. The molecule has 0 aromatic rings. The van der Waals surface area contributed by atoms with Gasteiger partial charge in [-0.3, -0.25) is 4.79 Å². The smallest absolute Gasteiger partial charge is 0.225 e. The van der Waals surface area contributed by atoms with E-state index in [1.807, 2.05) is 0 Å². The predicted octanol–water partition coefficient (Wildman–Crippen LogP) is 4.69. The highest BCUT2D eigenvalue weighted by atomic mass is 16.2. The highest BCUT2D eigenvalue weighted by Gasteiger charge is 2.40. The van der Waals surface area contributed by atoms with Gasteiger partial charge in [-0.1, -0.05) is 37.8 Å². The van der Waals surface area contributed by atoms with Crippen LogP contribution in [0, 0.1) is 5.92 Å². The van der Waals surface area contributed by atoms with Gasteiger partial charge in [0, 0.05) is 18.5 Å². The summed E-state index contributed by atoms with van der Waals surface area (Å²) in [5, 5.41) is 0. The first-order chi connectivity index (χ1) is 9.58. The summed E-state index contributed by atoms with van der Waals surface area (Å²) in [5.74, 6) is 1.15. The topological polar surface area (TPSA) is 20.3 Å². The molecule has 2 atom stereocenters. The minimum Gasteiger partial charge on any atom is -0.336 e. The monoisotopic (exact) mass is 277 g/mol. The molecule has 2 rings (SSSR count). The molecular weight excluding hydrogens is 246 g/mol. The maximum absolute atomic E-state index is 11.9. The zero-order chi connectivity index (χ0) is 14.5. The van der Waals surface area contributed by atoms with Crippen molar-refractivity contribution in [2.45, 2.75) is 90.6 Å². The Morgan fingerprint density at radius 1 is 1.30 bits per heavy atom. The van der Waals surface area contributed by atoms with Crippen LogP contribution in [0.25, 0.3) is 0 Å². The highest BCUT2D eigenvalue weighted by molar-refractivity contribution is 5.83. The van der Waals surface area contributed by atoms with Crippen molar-refractivity contribution in [1.82, 2.24) is 4.90 Å². The van der Waals surface area contributed by atoms with Gasteiger partial charge in [0.25, 0.3) is 0 Å². The number of carbonyl (C=O) groups excluding carboxylic acids is 1. The van der Waals surface area contributed by atoms with Crippen molar-refractivity contribution in [3.63, 3.8) is 0 Å². The number of nitrogens with zero attached hydrogens (tertiary/aromatic N) is 1. The molecular formula is C18H31NO. The van der Waals surface area contributed by atoms with E-state index >= 15 is 0 Å². The standard InChI is InChI=1S/C18H31NO/c1-14(2)8-7-9-15(3)12-17-13-18(20)19(17)16-10-5-4-6-11-16/h8,15-17H,4-7,9-13H2,1-3H3/t15-,17?/m1/s1. The lowest BCUT2D eigenvalue weighted by molar-refractivity contribution is -0.152. The number of allylic oxidation sites excluding steroid dienone is 2. The number of β-lactam (4-membered cyclic amide) rings is 1. The summed E-state index contributed by atoms with van der Waals surface area (Å²) in [7, 11) is 0. The van der Waals surface area contributed by atoms with Crippen LogP contribution in [-0.2, 0) is 4.79 Å². The van der Waals surface area contributed by atoms with E-state index in [1.54, 1.807) is 0 Å². The van der Waals surface area contributed by atoms with Crippen molar-refractivity contribution in [1.29, 1.82) is 0 Å². The molecule has 20 heavy (non-hydrogen) atoms. The highest BCUT2D eigenvalue weighted by Crippen LogP contribution is 2.34. The number of carbonyl (C=O) groups is 1. The molecule has 0 radical (unpaired) electrons. The number of likely N-dealkylation sites (tertiary alicyclic amines) is 1. The number of hydrogen-bond donors (Lipinski definition) is 0. The Morgan fingerprint density at radius 3 is 2.60 bits per heavy atom. The second kappa shape index (κ2) is 7.28. The molecule has 1 amide bonds.